The first-order valence-corrected chi connectivity index (χ1v) is 8.12. The number of hydrogen-bond acceptors (Lipinski definition) is 5. The highest BCUT2D eigenvalue weighted by atomic mass is 16.5. The van der Waals surface area contributed by atoms with Gasteiger partial charge in [-0.05, 0) is 47.2 Å². The van der Waals surface area contributed by atoms with Gasteiger partial charge in [0.05, 0.1) is 18.5 Å². The maximum atomic E-state index is 11.1. The Balaban J connectivity index is 0.000000324. The topological polar surface area (TPSA) is 100 Å². The van der Waals surface area contributed by atoms with Gasteiger partial charge in [-0.15, -0.1) is 0 Å². The first-order valence-electron chi connectivity index (χ1n) is 8.12. The lowest BCUT2D eigenvalue weighted by Crippen LogP contribution is -2.12. The van der Waals surface area contributed by atoms with Gasteiger partial charge in [-0.25, -0.2) is 0 Å². The molecule has 0 fully saturated rings. The smallest absolute Gasteiger partial charge is 0.305 e. The molecule has 0 atom stereocenters. The van der Waals surface area contributed by atoms with E-state index in [-0.39, 0.29) is 22.8 Å². The molecule has 0 radical (unpaired) electrons. The molecule has 0 amide bonds. The van der Waals surface area contributed by atoms with Crippen LogP contribution in [0.4, 0.5) is 5.69 Å². The molecule has 0 saturated carbocycles. The van der Waals surface area contributed by atoms with Crippen LogP contribution < -0.4 is 5.73 Å². The van der Waals surface area contributed by atoms with E-state index in [2.05, 4.69) is 31.6 Å². The van der Waals surface area contributed by atoms with Crippen molar-refractivity contribution in [3.8, 4) is 0 Å². The van der Waals surface area contributed by atoms with Crippen LogP contribution in [0, 0.1) is 10.8 Å². The highest BCUT2D eigenvalue weighted by Gasteiger charge is 2.15. The molecule has 0 unspecified atom stereocenters. The van der Waals surface area contributed by atoms with E-state index in [9.17, 15) is 4.79 Å². The molecule has 0 saturated heterocycles. The van der Waals surface area contributed by atoms with Gasteiger partial charge >= 0.3 is 5.97 Å². The number of hydrogen-bond donors (Lipinski definition) is 3. The maximum absolute atomic E-state index is 11.1. The average molecular weight is 341 g/mol. The summed E-state index contributed by atoms with van der Waals surface area (Å²) in [6.45, 7) is 6.43. The highest BCUT2D eigenvalue weighted by molar-refractivity contribution is 6.48. The Labute approximate surface area is 149 Å². The fourth-order valence-corrected chi connectivity index (χ4v) is 2.13. The number of nitrogens with two attached hydrogens (primary N) is 1. The largest absolute Gasteiger partial charge is 0.469 e. The molecule has 1 aromatic carbocycles. The summed E-state index contributed by atoms with van der Waals surface area (Å²) in [6.07, 6.45) is 7.76. The summed E-state index contributed by atoms with van der Waals surface area (Å²) in [5.41, 5.74) is 9.54. The Kier molecular flexibility index (Phi) is 7.30. The van der Waals surface area contributed by atoms with Crippen molar-refractivity contribution in [1.82, 2.24) is 0 Å². The van der Waals surface area contributed by atoms with Crippen molar-refractivity contribution in [3.05, 3.63) is 53.6 Å². The molecule has 4 N–H and O–H groups in total. The quantitative estimate of drug-likeness (QED) is 0.442. The van der Waals surface area contributed by atoms with Crippen molar-refractivity contribution in [2.24, 2.45) is 0 Å². The molecule has 0 aromatic heterocycles. The summed E-state index contributed by atoms with van der Waals surface area (Å²) in [5, 5.41) is 14.1. The summed E-state index contributed by atoms with van der Waals surface area (Å²) < 4.78 is 4.63. The second kappa shape index (κ2) is 8.97. The Bertz CT molecular complexity index is 688. The molecule has 25 heavy (non-hydrogen) atoms. The van der Waals surface area contributed by atoms with Crippen LogP contribution in [0.3, 0.4) is 0 Å². The molecule has 134 valence electrons. The summed E-state index contributed by atoms with van der Waals surface area (Å²) in [5.74, 6) is -0.190. The normalized spacial score (nSPS) is 13.3. The van der Waals surface area contributed by atoms with Crippen molar-refractivity contribution in [2.75, 3.05) is 12.8 Å². The van der Waals surface area contributed by atoms with Crippen LogP contribution in [0.1, 0.15) is 38.3 Å². The maximum Gasteiger partial charge on any atom is 0.305 e. The zero-order valence-corrected chi connectivity index (χ0v) is 15.3. The number of methoxy groups -OCH3 is 1. The fraction of sp³-hybridized carbons (Fsp3) is 0.350. The molecular weight excluding hydrogens is 314 g/mol. The molecular formula is C20H27N3O2. The van der Waals surface area contributed by atoms with Gasteiger partial charge in [-0.2, -0.15) is 0 Å². The Hall–Kier alpha value is -2.69. The molecule has 5 nitrogen and oxygen atoms in total. The van der Waals surface area contributed by atoms with E-state index in [1.54, 1.807) is 24.3 Å². The van der Waals surface area contributed by atoms with Crippen LogP contribution in [-0.4, -0.2) is 24.5 Å². The number of aryl methyl sites for hydroxylation is 1. The van der Waals surface area contributed by atoms with E-state index in [1.165, 1.54) is 12.7 Å². The van der Waals surface area contributed by atoms with Gasteiger partial charge < -0.3 is 10.5 Å². The standard InChI is InChI=1S/C14H21NO2.C6H6N2/c1-14(2,3)11-7-10(8-12(15)9-11)5-6-13(16)17-4;7-5-3-1-2-4-6(5)8/h7-9H,5-6,15H2,1-4H3;1-4,7-8H. The number of carbonyl (C=O) groups excluding carboxylic acids is 1. The second-order valence-electron chi connectivity index (χ2n) is 6.83. The number of esters is 1. The summed E-state index contributed by atoms with van der Waals surface area (Å²) in [7, 11) is 1.41. The van der Waals surface area contributed by atoms with Crippen LogP contribution in [0.2, 0.25) is 0 Å². The van der Waals surface area contributed by atoms with Crippen molar-refractivity contribution in [2.45, 2.75) is 39.0 Å². The molecule has 1 aliphatic carbocycles. The zero-order valence-electron chi connectivity index (χ0n) is 15.3. The number of anilines is 1. The number of carbonyl (C=O) groups is 1. The lowest BCUT2D eigenvalue weighted by atomic mass is 9.85. The summed E-state index contributed by atoms with van der Waals surface area (Å²) in [4.78, 5) is 11.1. The predicted molar refractivity (Wildman–Crippen MR) is 104 cm³/mol. The van der Waals surface area contributed by atoms with Crippen LogP contribution in [-0.2, 0) is 21.4 Å². The first-order chi connectivity index (χ1) is 11.6. The van der Waals surface area contributed by atoms with Gasteiger partial charge in [0.2, 0.25) is 0 Å². The molecule has 1 aromatic rings. The van der Waals surface area contributed by atoms with E-state index in [0.29, 0.717) is 12.8 Å². The van der Waals surface area contributed by atoms with E-state index in [0.717, 1.165) is 11.3 Å². The fourth-order valence-electron chi connectivity index (χ4n) is 2.13. The third-order valence-corrected chi connectivity index (χ3v) is 3.65. The highest BCUT2D eigenvalue weighted by Crippen LogP contribution is 2.26. The van der Waals surface area contributed by atoms with Crippen molar-refractivity contribution < 1.29 is 9.53 Å². The monoisotopic (exact) mass is 341 g/mol. The Morgan fingerprint density at radius 1 is 1.08 bits per heavy atom. The molecule has 2 rings (SSSR count). The van der Waals surface area contributed by atoms with Crippen molar-refractivity contribution in [1.29, 1.82) is 10.8 Å². The van der Waals surface area contributed by atoms with Crippen LogP contribution in [0.25, 0.3) is 0 Å². The minimum Gasteiger partial charge on any atom is -0.469 e. The molecule has 0 spiro atoms. The van der Waals surface area contributed by atoms with Crippen LogP contribution >= 0.6 is 0 Å². The van der Waals surface area contributed by atoms with E-state index < -0.39 is 0 Å². The number of ether oxygens (including phenoxy) is 1. The summed E-state index contributed by atoms with van der Waals surface area (Å²) >= 11 is 0. The molecule has 0 heterocycles. The minimum absolute atomic E-state index is 0.0649. The third kappa shape index (κ3) is 7.16. The average Bonchev–Trinajstić information content (AvgIpc) is 2.54. The summed E-state index contributed by atoms with van der Waals surface area (Å²) in [6, 6.07) is 6.01. The SMILES string of the molecule is COC(=O)CCc1cc(N)cc(C(C)(C)C)c1.N=C1C=CC=CC1=N. The van der Waals surface area contributed by atoms with Gasteiger partial charge in [-0.3, -0.25) is 15.6 Å². The zero-order chi connectivity index (χ0) is 19.0. The van der Waals surface area contributed by atoms with Gasteiger partial charge in [0.1, 0.15) is 0 Å². The lowest BCUT2D eigenvalue weighted by Gasteiger charge is -2.20. The van der Waals surface area contributed by atoms with Gasteiger partial charge in [0.25, 0.3) is 0 Å². The van der Waals surface area contributed by atoms with Crippen molar-refractivity contribution >= 4 is 23.1 Å². The van der Waals surface area contributed by atoms with Gasteiger partial charge in [0, 0.05) is 12.1 Å². The Morgan fingerprint density at radius 3 is 2.08 bits per heavy atom. The molecule has 0 aliphatic heterocycles. The van der Waals surface area contributed by atoms with Crippen LogP contribution in [0.15, 0.2) is 42.5 Å². The second-order valence-corrected chi connectivity index (χ2v) is 6.83. The number of allylic oxidation sites excluding steroid dienone is 4. The number of benzene rings is 1. The lowest BCUT2D eigenvalue weighted by molar-refractivity contribution is -0.140. The number of rotatable bonds is 3. The number of nitrogen functional groups attached to an aromatic ring is 1. The molecule has 5 heteroatoms. The van der Waals surface area contributed by atoms with E-state index in [1.807, 2.05) is 12.1 Å². The van der Waals surface area contributed by atoms with Crippen LogP contribution in [0.5, 0.6) is 0 Å². The van der Waals surface area contributed by atoms with Gasteiger partial charge in [-0.1, -0.05) is 39.0 Å². The predicted octanol–water partition coefficient (Wildman–Crippen LogP) is 3.82. The molecule has 0 bridgehead atoms. The first kappa shape index (κ1) is 20.4. The van der Waals surface area contributed by atoms with Crippen molar-refractivity contribution in [3.63, 3.8) is 0 Å². The minimum atomic E-state index is -0.190. The van der Waals surface area contributed by atoms with E-state index in [4.69, 9.17) is 16.6 Å². The number of nitrogens with one attached hydrogen (secondary N) is 2. The molecule has 1 aliphatic rings. The third-order valence-electron chi connectivity index (χ3n) is 3.65. The Morgan fingerprint density at radius 2 is 1.64 bits per heavy atom. The van der Waals surface area contributed by atoms with Gasteiger partial charge in [0.15, 0.2) is 0 Å². The van der Waals surface area contributed by atoms with E-state index >= 15 is 0 Å².